The molecule has 1 aromatic carbocycles. The topological polar surface area (TPSA) is 38.0 Å². The summed E-state index contributed by atoms with van der Waals surface area (Å²) in [4.78, 5) is 1.04. The van der Waals surface area contributed by atoms with Gasteiger partial charge in [0.15, 0.2) is 0 Å². The molecule has 2 heterocycles. The lowest BCUT2D eigenvalue weighted by molar-refractivity contribution is 0.180. The van der Waals surface area contributed by atoms with Crippen molar-refractivity contribution < 1.29 is 5.11 Å². The molecule has 0 radical (unpaired) electrons. The van der Waals surface area contributed by atoms with Crippen molar-refractivity contribution in [1.29, 1.82) is 0 Å². The summed E-state index contributed by atoms with van der Waals surface area (Å²) in [5.41, 5.74) is 3.27. The molecular formula is C16H18N2OS. The number of hydrogen-bond acceptors (Lipinski definition) is 3. The number of hydrogen-bond donors (Lipinski definition) is 1. The van der Waals surface area contributed by atoms with Crippen molar-refractivity contribution in [3.05, 3.63) is 51.8 Å². The van der Waals surface area contributed by atoms with Crippen LogP contribution in [-0.2, 0) is 13.0 Å². The van der Waals surface area contributed by atoms with Crippen molar-refractivity contribution in [2.45, 2.75) is 32.9 Å². The lowest BCUT2D eigenvalue weighted by Gasteiger charge is -2.08. The molecule has 0 spiro atoms. The summed E-state index contributed by atoms with van der Waals surface area (Å²) in [6.45, 7) is 4.97. The maximum atomic E-state index is 10.4. The smallest absolute Gasteiger partial charge is 0.0940 e. The van der Waals surface area contributed by atoms with Gasteiger partial charge in [-0.15, -0.1) is 11.3 Å². The molecule has 0 fully saturated rings. The third-order valence-electron chi connectivity index (χ3n) is 3.63. The van der Waals surface area contributed by atoms with Crippen LogP contribution in [0.2, 0.25) is 0 Å². The number of aliphatic hydroxyl groups excluding tert-OH is 1. The molecule has 2 aromatic heterocycles. The molecule has 1 unspecified atom stereocenters. The van der Waals surface area contributed by atoms with Crippen LogP contribution in [0.4, 0.5) is 0 Å². The molecule has 3 nitrogen and oxygen atoms in total. The number of aryl methyl sites for hydroxylation is 2. The van der Waals surface area contributed by atoms with E-state index in [1.165, 1.54) is 0 Å². The lowest BCUT2D eigenvalue weighted by Crippen LogP contribution is -2.03. The second-order valence-electron chi connectivity index (χ2n) is 4.97. The van der Waals surface area contributed by atoms with Gasteiger partial charge in [-0.3, -0.25) is 4.68 Å². The summed E-state index contributed by atoms with van der Waals surface area (Å²) < 4.78 is 2.00. The summed E-state index contributed by atoms with van der Waals surface area (Å²) in [5, 5.41) is 18.3. The summed E-state index contributed by atoms with van der Waals surface area (Å²) in [5.74, 6) is 0. The molecule has 0 aliphatic heterocycles. The quantitative estimate of drug-likeness (QED) is 0.794. The van der Waals surface area contributed by atoms with Gasteiger partial charge in [-0.2, -0.15) is 5.10 Å². The number of fused-ring (bicyclic) bond motifs is 1. The zero-order chi connectivity index (χ0) is 14.1. The summed E-state index contributed by atoms with van der Waals surface area (Å²) in [6, 6.07) is 10.3. The van der Waals surface area contributed by atoms with E-state index in [4.69, 9.17) is 0 Å². The maximum absolute atomic E-state index is 10.4. The van der Waals surface area contributed by atoms with Crippen molar-refractivity contribution in [2.24, 2.45) is 0 Å². The van der Waals surface area contributed by atoms with E-state index < -0.39 is 6.10 Å². The molecule has 0 amide bonds. The van der Waals surface area contributed by atoms with Gasteiger partial charge in [-0.25, -0.2) is 0 Å². The van der Waals surface area contributed by atoms with Gasteiger partial charge >= 0.3 is 0 Å². The van der Waals surface area contributed by atoms with Gasteiger partial charge in [0.05, 0.1) is 17.3 Å². The van der Waals surface area contributed by atoms with Gasteiger partial charge in [0, 0.05) is 23.2 Å². The second kappa shape index (κ2) is 5.38. The minimum Gasteiger partial charge on any atom is -0.387 e. The van der Waals surface area contributed by atoms with Gasteiger partial charge in [0.1, 0.15) is 0 Å². The fourth-order valence-corrected chi connectivity index (χ4v) is 3.50. The number of rotatable bonds is 4. The first-order valence-corrected chi connectivity index (χ1v) is 7.75. The molecule has 20 heavy (non-hydrogen) atoms. The van der Waals surface area contributed by atoms with Crippen LogP contribution in [0.3, 0.4) is 0 Å². The fraction of sp³-hybridized carbons (Fsp3) is 0.312. The molecule has 104 valence electrons. The first-order valence-electron chi connectivity index (χ1n) is 6.87. The Balaban J connectivity index is 1.97. The average Bonchev–Trinajstić information content (AvgIpc) is 3.03. The Labute approximate surface area is 122 Å². The van der Waals surface area contributed by atoms with Gasteiger partial charge < -0.3 is 5.11 Å². The minimum absolute atomic E-state index is 0.474. The number of para-hydroxylation sites is 1. The van der Waals surface area contributed by atoms with Crippen LogP contribution < -0.4 is 0 Å². The molecule has 4 heteroatoms. The largest absolute Gasteiger partial charge is 0.387 e. The second-order valence-corrected chi connectivity index (χ2v) is 5.92. The third-order valence-corrected chi connectivity index (χ3v) is 4.75. The highest BCUT2D eigenvalue weighted by molar-refractivity contribution is 7.10. The molecule has 0 bridgehead atoms. The van der Waals surface area contributed by atoms with Crippen molar-refractivity contribution >= 4 is 22.2 Å². The zero-order valence-corrected chi connectivity index (χ0v) is 12.5. The molecular weight excluding hydrogens is 268 g/mol. The third kappa shape index (κ3) is 2.25. The monoisotopic (exact) mass is 286 g/mol. The van der Waals surface area contributed by atoms with E-state index in [0.29, 0.717) is 6.42 Å². The number of thiophene rings is 1. The Bertz CT molecular complexity index is 729. The molecule has 0 aliphatic rings. The highest BCUT2D eigenvalue weighted by Crippen LogP contribution is 2.28. The average molecular weight is 286 g/mol. The van der Waals surface area contributed by atoms with E-state index in [1.54, 1.807) is 11.3 Å². The molecule has 1 atom stereocenters. The normalized spacial score (nSPS) is 12.9. The van der Waals surface area contributed by atoms with E-state index in [2.05, 4.69) is 24.2 Å². The first-order chi connectivity index (χ1) is 9.70. The van der Waals surface area contributed by atoms with Crippen LogP contribution in [-0.4, -0.2) is 14.9 Å². The molecule has 0 saturated heterocycles. The Morgan fingerprint density at radius 3 is 2.80 bits per heavy atom. The van der Waals surface area contributed by atoms with Gasteiger partial charge in [-0.05, 0) is 36.9 Å². The number of benzene rings is 1. The van der Waals surface area contributed by atoms with Crippen LogP contribution in [0, 0.1) is 6.92 Å². The van der Waals surface area contributed by atoms with Crippen LogP contribution in [0.25, 0.3) is 10.9 Å². The predicted molar refractivity (Wildman–Crippen MR) is 83.1 cm³/mol. The highest BCUT2D eigenvalue weighted by atomic mass is 32.1. The zero-order valence-electron chi connectivity index (χ0n) is 11.7. The number of aromatic nitrogens is 2. The van der Waals surface area contributed by atoms with Gasteiger partial charge in [-0.1, -0.05) is 18.2 Å². The SMILES string of the molecule is CCn1nc(CC(O)c2sccc2C)c2ccccc21. The van der Waals surface area contributed by atoms with Gasteiger partial charge in [0.2, 0.25) is 0 Å². The van der Waals surface area contributed by atoms with Gasteiger partial charge in [0.25, 0.3) is 0 Å². The molecule has 0 saturated carbocycles. The fourth-order valence-electron chi connectivity index (χ4n) is 2.59. The van der Waals surface area contributed by atoms with E-state index in [-0.39, 0.29) is 0 Å². The van der Waals surface area contributed by atoms with Crippen LogP contribution in [0.15, 0.2) is 35.7 Å². The van der Waals surface area contributed by atoms with E-state index in [1.807, 2.05) is 35.2 Å². The van der Waals surface area contributed by atoms with Crippen molar-refractivity contribution in [3.63, 3.8) is 0 Å². The van der Waals surface area contributed by atoms with E-state index in [9.17, 15) is 5.11 Å². The molecule has 0 aliphatic carbocycles. The number of nitrogens with zero attached hydrogens (tertiary/aromatic N) is 2. The Kier molecular flexibility index (Phi) is 3.59. The summed E-state index contributed by atoms with van der Waals surface area (Å²) in [7, 11) is 0. The lowest BCUT2D eigenvalue weighted by atomic mass is 10.1. The predicted octanol–water partition coefficient (Wildman–Crippen LogP) is 3.70. The summed E-state index contributed by atoms with van der Waals surface area (Å²) in [6.07, 6.45) is 0.0908. The minimum atomic E-state index is -0.474. The highest BCUT2D eigenvalue weighted by Gasteiger charge is 2.17. The van der Waals surface area contributed by atoms with Crippen LogP contribution in [0.5, 0.6) is 0 Å². The van der Waals surface area contributed by atoms with Crippen molar-refractivity contribution in [2.75, 3.05) is 0 Å². The molecule has 3 aromatic rings. The standard InChI is InChI=1S/C16H18N2OS/c1-3-18-14-7-5-4-6-12(14)13(17-18)10-15(19)16-11(2)8-9-20-16/h4-9,15,19H,3,10H2,1-2H3. The molecule has 1 N–H and O–H groups in total. The Hall–Kier alpha value is -1.65. The first kappa shape index (κ1) is 13.3. The Morgan fingerprint density at radius 1 is 1.30 bits per heavy atom. The van der Waals surface area contributed by atoms with Crippen LogP contribution in [0.1, 0.15) is 29.2 Å². The maximum Gasteiger partial charge on any atom is 0.0940 e. The van der Waals surface area contributed by atoms with Crippen LogP contribution >= 0.6 is 11.3 Å². The van der Waals surface area contributed by atoms with Crippen molar-refractivity contribution in [3.8, 4) is 0 Å². The van der Waals surface area contributed by atoms with Crippen molar-refractivity contribution in [1.82, 2.24) is 9.78 Å². The number of aliphatic hydroxyl groups is 1. The Morgan fingerprint density at radius 2 is 2.10 bits per heavy atom. The molecule has 3 rings (SSSR count). The van der Waals surface area contributed by atoms with E-state index >= 15 is 0 Å². The van der Waals surface area contributed by atoms with E-state index in [0.717, 1.165) is 33.6 Å². The summed E-state index contributed by atoms with van der Waals surface area (Å²) >= 11 is 1.61.